The Balaban J connectivity index is 1.68. The second-order valence-electron chi connectivity index (χ2n) is 5.69. The predicted molar refractivity (Wildman–Crippen MR) is 82.8 cm³/mol. The van der Waals surface area contributed by atoms with Gasteiger partial charge in [-0.15, -0.1) is 0 Å². The Morgan fingerprint density at radius 3 is 2.74 bits per heavy atom. The van der Waals surface area contributed by atoms with Gasteiger partial charge in [0, 0.05) is 30.7 Å². The van der Waals surface area contributed by atoms with E-state index in [4.69, 9.17) is 11.6 Å². The van der Waals surface area contributed by atoms with Crippen LogP contribution >= 0.6 is 11.6 Å². The zero-order chi connectivity index (χ0) is 13.7. The topological polar surface area (TPSA) is 15.3 Å². The number of halogens is 1. The summed E-state index contributed by atoms with van der Waals surface area (Å²) >= 11 is 6.22. The van der Waals surface area contributed by atoms with E-state index in [-0.39, 0.29) is 0 Å². The third kappa shape index (κ3) is 4.48. The van der Waals surface area contributed by atoms with Crippen LogP contribution < -0.4 is 5.32 Å². The lowest BCUT2D eigenvalue weighted by atomic mass is 10.1. The molecule has 2 rings (SSSR count). The van der Waals surface area contributed by atoms with Crippen molar-refractivity contribution in [3.05, 3.63) is 34.3 Å². The third-order valence-electron chi connectivity index (χ3n) is 4.11. The van der Waals surface area contributed by atoms with E-state index in [9.17, 15) is 0 Å². The first kappa shape index (κ1) is 14.8. The van der Waals surface area contributed by atoms with Crippen LogP contribution in [0.3, 0.4) is 0 Å². The number of benzene rings is 1. The van der Waals surface area contributed by atoms with Crippen LogP contribution in [0.1, 0.15) is 36.8 Å². The average Bonchev–Trinajstić information content (AvgIpc) is 2.90. The molecule has 1 fully saturated rings. The van der Waals surface area contributed by atoms with Crippen LogP contribution in [-0.4, -0.2) is 31.1 Å². The van der Waals surface area contributed by atoms with Gasteiger partial charge >= 0.3 is 0 Å². The molecule has 0 heterocycles. The smallest absolute Gasteiger partial charge is 0.0453 e. The van der Waals surface area contributed by atoms with Gasteiger partial charge in [-0.1, -0.05) is 36.6 Å². The molecule has 1 aliphatic carbocycles. The molecule has 1 aromatic carbocycles. The lowest BCUT2D eigenvalue weighted by Crippen LogP contribution is -2.35. The van der Waals surface area contributed by atoms with Gasteiger partial charge in [-0.05, 0) is 44.0 Å². The molecule has 106 valence electrons. The zero-order valence-electron chi connectivity index (χ0n) is 12.1. The molecule has 19 heavy (non-hydrogen) atoms. The van der Waals surface area contributed by atoms with E-state index < -0.39 is 0 Å². The third-order valence-corrected chi connectivity index (χ3v) is 4.47. The normalized spacial score (nSPS) is 16.4. The SMILES string of the molecule is Cc1ccc(CNCCN(C)C2CCCC2)c(Cl)c1. The number of hydrogen-bond acceptors (Lipinski definition) is 2. The molecule has 1 aromatic rings. The maximum absolute atomic E-state index is 6.22. The van der Waals surface area contributed by atoms with E-state index in [0.717, 1.165) is 30.7 Å². The molecular formula is C16H25ClN2. The number of aryl methyl sites for hydroxylation is 1. The number of likely N-dealkylation sites (N-methyl/N-ethyl adjacent to an activating group) is 1. The molecule has 0 atom stereocenters. The monoisotopic (exact) mass is 280 g/mol. The van der Waals surface area contributed by atoms with E-state index in [1.54, 1.807) is 0 Å². The maximum Gasteiger partial charge on any atom is 0.0453 e. The summed E-state index contributed by atoms with van der Waals surface area (Å²) in [7, 11) is 2.25. The van der Waals surface area contributed by atoms with Crippen molar-refractivity contribution in [3.8, 4) is 0 Å². The minimum absolute atomic E-state index is 0.810. The van der Waals surface area contributed by atoms with E-state index >= 15 is 0 Å². The Labute approximate surface area is 122 Å². The van der Waals surface area contributed by atoms with Gasteiger partial charge in [-0.25, -0.2) is 0 Å². The molecule has 0 aliphatic heterocycles. The zero-order valence-corrected chi connectivity index (χ0v) is 12.8. The minimum atomic E-state index is 0.810. The van der Waals surface area contributed by atoms with Gasteiger partial charge in [-0.3, -0.25) is 0 Å². The summed E-state index contributed by atoms with van der Waals surface area (Å²) in [5.41, 5.74) is 2.41. The van der Waals surface area contributed by atoms with Gasteiger partial charge in [0.05, 0.1) is 0 Å². The molecule has 1 aliphatic rings. The Bertz CT molecular complexity index is 400. The molecule has 0 saturated heterocycles. The lowest BCUT2D eigenvalue weighted by molar-refractivity contribution is 0.245. The summed E-state index contributed by atoms with van der Waals surface area (Å²) in [6, 6.07) is 7.08. The summed E-state index contributed by atoms with van der Waals surface area (Å²) in [5.74, 6) is 0. The number of nitrogens with one attached hydrogen (secondary N) is 1. The molecule has 1 N–H and O–H groups in total. The molecular weight excluding hydrogens is 256 g/mol. The first-order valence-corrected chi connectivity index (χ1v) is 7.70. The summed E-state index contributed by atoms with van der Waals surface area (Å²) in [6.45, 7) is 5.07. The summed E-state index contributed by atoms with van der Waals surface area (Å²) in [5, 5.41) is 4.36. The second-order valence-corrected chi connectivity index (χ2v) is 6.10. The fourth-order valence-electron chi connectivity index (χ4n) is 2.80. The largest absolute Gasteiger partial charge is 0.311 e. The Hall–Kier alpha value is -0.570. The summed E-state index contributed by atoms with van der Waals surface area (Å²) < 4.78 is 0. The van der Waals surface area contributed by atoms with Gasteiger partial charge < -0.3 is 10.2 Å². The fourth-order valence-corrected chi connectivity index (χ4v) is 3.10. The van der Waals surface area contributed by atoms with Crippen molar-refractivity contribution in [1.29, 1.82) is 0 Å². The highest BCUT2D eigenvalue weighted by Crippen LogP contribution is 2.22. The first-order chi connectivity index (χ1) is 9.16. The second kappa shape index (κ2) is 7.28. The van der Waals surface area contributed by atoms with Gasteiger partial charge in [0.1, 0.15) is 0 Å². The van der Waals surface area contributed by atoms with E-state index in [0.29, 0.717) is 0 Å². The maximum atomic E-state index is 6.22. The van der Waals surface area contributed by atoms with Crippen LogP contribution in [-0.2, 0) is 6.54 Å². The van der Waals surface area contributed by atoms with E-state index in [1.165, 1.54) is 36.8 Å². The molecule has 0 unspecified atom stereocenters. The van der Waals surface area contributed by atoms with Crippen LogP contribution in [0.25, 0.3) is 0 Å². The number of nitrogens with zero attached hydrogens (tertiary/aromatic N) is 1. The average molecular weight is 281 g/mol. The lowest BCUT2D eigenvalue weighted by Gasteiger charge is -2.24. The van der Waals surface area contributed by atoms with Crippen LogP contribution in [0, 0.1) is 6.92 Å². The summed E-state index contributed by atoms with van der Waals surface area (Å²) in [6.07, 6.45) is 5.56. The predicted octanol–water partition coefficient (Wildman–Crippen LogP) is 3.61. The van der Waals surface area contributed by atoms with Crippen LogP contribution in [0.15, 0.2) is 18.2 Å². The van der Waals surface area contributed by atoms with Crippen LogP contribution in [0.4, 0.5) is 0 Å². The van der Waals surface area contributed by atoms with Crippen molar-refractivity contribution >= 4 is 11.6 Å². The molecule has 0 amide bonds. The van der Waals surface area contributed by atoms with Gasteiger partial charge in [0.25, 0.3) is 0 Å². The van der Waals surface area contributed by atoms with Crippen molar-refractivity contribution < 1.29 is 0 Å². The Morgan fingerprint density at radius 2 is 2.05 bits per heavy atom. The minimum Gasteiger partial charge on any atom is -0.311 e. The molecule has 0 bridgehead atoms. The van der Waals surface area contributed by atoms with Crippen LogP contribution in [0.2, 0.25) is 5.02 Å². The van der Waals surface area contributed by atoms with Crippen molar-refractivity contribution in [2.24, 2.45) is 0 Å². The highest BCUT2D eigenvalue weighted by Gasteiger charge is 2.18. The fraction of sp³-hybridized carbons (Fsp3) is 0.625. The molecule has 0 aromatic heterocycles. The molecule has 2 nitrogen and oxygen atoms in total. The van der Waals surface area contributed by atoms with Gasteiger partial charge in [0.2, 0.25) is 0 Å². The Morgan fingerprint density at radius 1 is 1.32 bits per heavy atom. The molecule has 0 spiro atoms. The molecule has 0 radical (unpaired) electrons. The van der Waals surface area contributed by atoms with Crippen LogP contribution in [0.5, 0.6) is 0 Å². The summed E-state index contributed by atoms with van der Waals surface area (Å²) in [4.78, 5) is 2.50. The van der Waals surface area contributed by atoms with Crippen molar-refractivity contribution in [1.82, 2.24) is 10.2 Å². The Kier molecular flexibility index (Phi) is 5.68. The molecule has 3 heteroatoms. The van der Waals surface area contributed by atoms with Crippen molar-refractivity contribution in [2.75, 3.05) is 20.1 Å². The van der Waals surface area contributed by atoms with Gasteiger partial charge in [-0.2, -0.15) is 0 Å². The standard InChI is InChI=1S/C16H25ClN2/c1-13-7-8-14(16(17)11-13)12-18-9-10-19(2)15-5-3-4-6-15/h7-8,11,15,18H,3-6,9-10,12H2,1-2H3. The first-order valence-electron chi connectivity index (χ1n) is 7.33. The number of hydrogen-bond donors (Lipinski definition) is 1. The van der Waals surface area contributed by atoms with Crippen molar-refractivity contribution in [2.45, 2.75) is 45.2 Å². The van der Waals surface area contributed by atoms with Crippen molar-refractivity contribution in [3.63, 3.8) is 0 Å². The highest BCUT2D eigenvalue weighted by molar-refractivity contribution is 6.31. The number of rotatable bonds is 6. The van der Waals surface area contributed by atoms with Gasteiger partial charge in [0.15, 0.2) is 0 Å². The van der Waals surface area contributed by atoms with E-state index in [2.05, 4.69) is 36.3 Å². The quantitative estimate of drug-likeness (QED) is 0.801. The molecule has 1 saturated carbocycles. The highest BCUT2D eigenvalue weighted by atomic mass is 35.5. The van der Waals surface area contributed by atoms with E-state index in [1.807, 2.05) is 6.07 Å².